The smallest absolute Gasteiger partial charge is 0.161 e. The van der Waals surface area contributed by atoms with E-state index < -0.39 is 0 Å². The van der Waals surface area contributed by atoms with Gasteiger partial charge >= 0.3 is 0 Å². The molecule has 3 heteroatoms. The van der Waals surface area contributed by atoms with Crippen molar-refractivity contribution in [3.63, 3.8) is 0 Å². The first-order valence-corrected chi connectivity index (χ1v) is 7.16. The summed E-state index contributed by atoms with van der Waals surface area (Å²) in [6.45, 7) is 7.12. The van der Waals surface area contributed by atoms with Crippen molar-refractivity contribution in [2.75, 3.05) is 17.2 Å². The Balaban J connectivity index is 2.21. The highest BCUT2D eigenvalue weighted by Gasteiger charge is 2.29. The molecule has 2 N–H and O–H groups in total. The maximum absolute atomic E-state index is 11.6. The van der Waals surface area contributed by atoms with Gasteiger partial charge in [0.1, 0.15) is 0 Å². The molecule has 1 fully saturated rings. The Bertz CT molecular complexity index is 464. The average Bonchev–Trinajstić information content (AvgIpc) is 3.15. The predicted molar refractivity (Wildman–Crippen MR) is 80.7 cm³/mol. The van der Waals surface area contributed by atoms with E-state index in [1.54, 1.807) is 6.92 Å². The van der Waals surface area contributed by atoms with Crippen molar-refractivity contribution >= 4 is 17.2 Å². The lowest BCUT2D eigenvalue weighted by atomic mass is 10.1. The van der Waals surface area contributed by atoms with Crippen LogP contribution in [0.5, 0.6) is 0 Å². The van der Waals surface area contributed by atoms with Gasteiger partial charge in [0.2, 0.25) is 0 Å². The summed E-state index contributed by atoms with van der Waals surface area (Å²) in [5.41, 5.74) is 8.23. The molecule has 3 nitrogen and oxygen atoms in total. The number of ketones is 1. The summed E-state index contributed by atoms with van der Waals surface area (Å²) in [7, 11) is 0. The van der Waals surface area contributed by atoms with Crippen LogP contribution in [0.25, 0.3) is 0 Å². The summed E-state index contributed by atoms with van der Waals surface area (Å²) in [6.07, 6.45) is 3.70. The van der Waals surface area contributed by atoms with Gasteiger partial charge in [0.05, 0.1) is 0 Å². The summed E-state index contributed by atoms with van der Waals surface area (Å²) in [5.74, 6) is 0.737. The normalized spacial score (nSPS) is 14.7. The van der Waals surface area contributed by atoms with Crippen molar-refractivity contribution in [2.24, 2.45) is 5.92 Å². The summed E-state index contributed by atoms with van der Waals surface area (Å²) >= 11 is 0. The first-order valence-electron chi connectivity index (χ1n) is 7.16. The maximum atomic E-state index is 11.6. The maximum Gasteiger partial charge on any atom is 0.161 e. The first kappa shape index (κ1) is 13.9. The standard InChI is InChI=1S/C16H24N2O/c1-11(2)8-9-18(13-4-5-13)14-6-7-16(17)15(10-14)12(3)19/h6-7,10-11,13H,4-5,8-9,17H2,1-3H3. The topological polar surface area (TPSA) is 46.3 Å². The van der Waals surface area contributed by atoms with E-state index in [1.807, 2.05) is 18.2 Å². The third kappa shape index (κ3) is 3.49. The predicted octanol–water partition coefficient (Wildman–Crippen LogP) is 3.49. The van der Waals surface area contributed by atoms with Gasteiger partial charge in [-0.25, -0.2) is 0 Å². The van der Waals surface area contributed by atoms with Crippen molar-refractivity contribution in [3.8, 4) is 0 Å². The van der Waals surface area contributed by atoms with Crippen LogP contribution >= 0.6 is 0 Å². The molecule has 1 aliphatic carbocycles. The van der Waals surface area contributed by atoms with Crippen molar-refractivity contribution in [1.29, 1.82) is 0 Å². The Morgan fingerprint density at radius 1 is 1.42 bits per heavy atom. The number of hydrogen-bond acceptors (Lipinski definition) is 3. The number of nitrogen functional groups attached to an aromatic ring is 1. The lowest BCUT2D eigenvalue weighted by Crippen LogP contribution is -2.28. The number of rotatable bonds is 6. The summed E-state index contributed by atoms with van der Waals surface area (Å²) in [5, 5.41) is 0. The molecule has 104 valence electrons. The van der Waals surface area contributed by atoms with Gasteiger partial charge in [0.15, 0.2) is 5.78 Å². The molecule has 0 heterocycles. The molecule has 0 radical (unpaired) electrons. The highest BCUT2D eigenvalue weighted by Crippen LogP contribution is 2.33. The number of nitrogens with two attached hydrogens (primary N) is 1. The SMILES string of the molecule is CC(=O)c1cc(N(CCC(C)C)C2CC2)ccc1N. The molecule has 0 saturated heterocycles. The van der Waals surface area contributed by atoms with Gasteiger partial charge < -0.3 is 10.6 Å². The van der Waals surface area contributed by atoms with Gasteiger partial charge in [-0.05, 0) is 50.3 Å². The third-order valence-electron chi connectivity index (χ3n) is 3.68. The number of Topliss-reactive ketones (excluding diaryl/α,β-unsaturated/α-hetero) is 1. The van der Waals surface area contributed by atoms with Crippen LogP contribution in [0.4, 0.5) is 11.4 Å². The van der Waals surface area contributed by atoms with E-state index in [4.69, 9.17) is 5.73 Å². The fourth-order valence-corrected chi connectivity index (χ4v) is 2.33. The van der Waals surface area contributed by atoms with E-state index in [9.17, 15) is 4.79 Å². The van der Waals surface area contributed by atoms with Crippen molar-refractivity contribution in [3.05, 3.63) is 23.8 Å². The van der Waals surface area contributed by atoms with Crippen LogP contribution < -0.4 is 10.6 Å². The van der Waals surface area contributed by atoms with Crippen LogP contribution in [0.15, 0.2) is 18.2 Å². The highest BCUT2D eigenvalue weighted by molar-refractivity contribution is 6.00. The third-order valence-corrected chi connectivity index (χ3v) is 3.68. The molecule has 1 aromatic rings. The second kappa shape index (κ2) is 5.64. The van der Waals surface area contributed by atoms with Crippen LogP contribution in [0.2, 0.25) is 0 Å². The molecule has 19 heavy (non-hydrogen) atoms. The lowest BCUT2D eigenvalue weighted by molar-refractivity contribution is 0.101. The van der Waals surface area contributed by atoms with E-state index in [-0.39, 0.29) is 5.78 Å². The lowest BCUT2D eigenvalue weighted by Gasteiger charge is -2.26. The molecule has 0 aliphatic heterocycles. The van der Waals surface area contributed by atoms with Crippen LogP contribution in [0, 0.1) is 5.92 Å². The van der Waals surface area contributed by atoms with Crippen LogP contribution in [-0.2, 0) is 0 Å². The molecule has 0 spiro atoms. The monoisotopic (exact) mass is 260 g/mol. The van der Waals surface area contributed by atoms with Gasteiger partial charge in [-0.15, -0.1) is 0 Å². The molecule has 0 unspecified atom stereocenters. The molecule has 0 amide bonds. The van der Waals surface area contributed by atoms with Crippen LogP contribution in [0.1, 0.15) is 50.4 Å². The van der Waals surface area contributed by atoms with E-state index in [0.717, 1.165) is 12.2 Å². The number of carbonyl (C=O) groups excluding carboxylic acids is 1. The molecule has 1 aliphatic rings. The average molecular weight is 260 g/mol. The Morgan fingerprint density at radius 2 is 2.11 bits per heavy atom. The summed E-state index contributed by atoms with van der Waals surface area (Å²) in [4.78, 5) is 14.0. The van der Waals surface area contributed by atoms with E-state index >= 15 is 0 Å². The Morgan fingerprint density at radius 3 is 2.63 bits per heavy atom. The molecular formula is C16H24N2O. The fourth-order valence-electron chi connectivity index (χ4n) is 2.33. The van der Waals surface area contributed by atoms with Crippen LogP contribution in [-0.4, -0.2) is 18.4 Å². The number of benzene rings is 1. The van der Waals surface area contributed by atoms with Gasteiger partial charge in [0.25, 0.3) is 0 Å². The van der Waals surface area contributed by atoms with E-state index in [1.165, 1.54) is 19.3 Å². The summed E-state index contributed by atoms with van der Waals surface area (Å²) < 4.78 is 0. The van der Waals surface area contributed by atoms with Gasteiger partial charge in [0, 0.05) is 29.5 Å². The molecule has 1 aromatic carbocycles. The van der Waals surface area contributed by atoms with Gasteiger partial charge in [-0.1, -0.05) is 13.8 Å². The van der Waals surface area contributed by atoms with E-state index in [2.05, 4.69) is 18.7 Å². The highest BCUT2D eigenvalue weighted by atomic mass is 16.1. The molecule has 1 saturated carbocycles. The summed E-state index contributed by atoms with van der Waals surface area (Å²) in [6, 6.07) is 6.51. The Kier molecular flexibility index (Phi) is 4.13. The zero-order chi connectivity index (χ0) is 14.0. The van der Waals surface area contributed by atoms with Crippen LogP contribution in [0.3, 0.4) is 0 Å². The molecular weight excluding hydrogens is 236 g/mol. The Labute approximate surface area is 115 Å². The van der Waals surface area contributed by atoms with Gasteiger partial charge in [-0.2, -0.15) is 0 Å². The van der Waals surface area contributed by atoms with Gasteiger partial charge in [-0.3, -0.25) is 4.79 Å². The number of hydrogen-bond donors (Lipinski definition) is 1. The molecule has 0 aromatic heterocycles. The zero-order valence-corrected chi connectivity index (χ0v) is 12.1. The van der Waals surface area contributed by atoms with Crippen molar-refractivity contribution < 1.29 is 4.79 Å². The molecule has 0 atom stereocenters. The minimum Gasteiger partial charge on any atom is -0.398 e. The largest absolute Gasteiger partial charge is 0.398 e. The van der Waals surface area contributed by atoms with Crippen molar-refractivity contribution in [2.45, 2.75) is 46.1 Å². The molecule has 0 bridgehead atoms. The minimum atomic E-state index is 0.0407. The number of carbonyl (C=O) groups is 1. The fraction of sp³-hybridized carbons (Fsp3) is 0.562. The zero-order valence-electron chi connectivity index (χ0n) is 12.1. The first-order chi connectivity index (χ1) is 8.99. The second-order valence-corrected chi connectivity index (χ2v) is 5.93. The molecule has 2 rings (SSSR count). The van der Waals surface area contributed by atoms with Crippen molar-refractivity contribution in [1.82, 2.24) is 0 Å². The minimum absolute atomic E-state index is 0.0407. The Hall–Kier alpha value is -1.51. The second-order valence-electron chi connectivity index (χ2n) is 5.93. The number of anilines is 2. The number of nitrogens with zero attached hydrogens (tertiary/aromatic N) is 1. The quantitative estimate of drug-likeness (QED) is 0.629. The van der Waals surface area contributed by atoms with E-state index in [0.29, 0.717) is 23.2 Å².